The van der Waals surface area contributed by atoms with E-state index < -0.39 is 0 Å². The number of methoxy groups -OCH3 is 1. The van der Waals surface area contributed by atoms with E-state index in [2.05, 4.69) is 27.9 Å². The van der Waals surface area contributed by atoms with Crippen LogP contribution in [0.2, 0.25) is 0 Å². The first-order chi connectivity index (χ1) is 9.35. The molecule has 4 nitrogen and oxygen atoms in total. The van der Waals surface area contributed by atoms with Gasteiger partial charge in [-0.05, 0) is 19.0 Å². The summed E-state index contributed by atoms with van der Waals surface area (Å²) in [5, 5.41) is 3.57. The first kappa shape index (κ1) is 13.6. The molecule has 2 rings (SSSR count). The Bertz CT molecular complexity index is 482. The Kier molecular flexibility index (Phi) is 4.98. The van der Waals surface area contributed by atoms with Gasteiger partial charge >= 0.3 is 0 Å². The van der Waals surface area contributed by atoms with Gasteiger partial charge in [0.2, 0.25) is 0 Å². The van der Waals surface area contributed by atoms with Crippen molar-refractivity contribution in [1.29, 1.82) is 0 Å². The number of benzene rings is 1. The van der Waals surface area contributed by atoms with E-state index in [0.29, 0.717) is 0 Å². The summed E-state index contributed by atoms with van der Waals surface area (Å²) in [6.45, 7) is 4.00. The fourth-order valence-electron chi connectivity index (χ4n) is 2.15. The minimum absolute atomic E-state index is 0.227. The van der Waals surface area contributed by atoms with Crippen LogP contribution in [-0.2, 0) is 6.54 Å². The van der Waals surface area contributed by atoms with Gasteiger partial charge in [-0.25, -0.2) is 4.98 Å². The second-order valence-corrected chi connectivity index (χ2v) is 4.51. The van der Waals surface area contributed by atoms with Crippen molar-refractivity contribution in [2.75, 3.05) is 13.7 Å². The van der Waals surface area contributed by atoms with Crippen molar-refractivity contribution in [1.82, 2.24) is 14.9 Å². The van der Waals surface area contributed by atoms with Crippen LogP contribution in [0.3, 0.4) is 0 Å². The number of para-hydroxylation sites is 1. The summed E-state index contributed by atoms with van der Waals surface area (Å²) in [6.07, 6.45) is 6.74. The van der Waals surface area contributed by atoms with Gasteiger partial charge in [-0.3, -0.25) is 0 Å². The van der Waals surface area contributed by atoms with Crippen molar-refractivity contribution >= 4 is 0 Å². The molecule has 102 valence electrons. The lowest BCUT2D eigenvalue weighted by Crippen LogP contribution is -2.26. The van der Waals surface area contributed by atoms with Gasteiger partial charge in [-0.2, -0.15) is 0 Å². The summed E-state index contributed by atoms with van der Waals surface area (Å²) < 4.78 is 7.54. The largest absolute Gasteiger partial charge is 0.496 e. The summed E-state index contributed by atoms with van der Waals surface area (Å²) in [7, 11) is 1.72. The molecule has 1 aromatic heterocycles. The topological polar surface area (TPSA) is 39.1 Å². The first-order valence-corrected chi connectivity index (χ1v) is 6.67. The van der Waals surface area contributed by atoms with Crippen LogP contribution in [0.25, 0.3) is 0 Å². The number of nitrogens with zero attached hydrogens (tertiary/aromatic N) is 2. The van der Waals surface area contributed by atoms with Crippen LogP contribution >= 0.6 is 0 Å². The lowest BCUT2D eigenvalue weighted by molar-refractivity contribution is 0.389. The number of imidazole rings is 1. The number of hydrogen-bond donors (Lipinski definition) is 1. The molecule has 0 spiro atoms. The highest BCUT2D eigenvalue weighted by atomic mass is 16.5. The van der Waals surface area contributed by atoms with Gasteiger partial charge < -0.3 is 14.6 Å². The molecule has 1 unspecified atom stereocenters. The molecule has 0 aliphatic rings. The molecular formula is C15H21N3O. The third-order valence-electron chi connectivity index (χ3n) is 3.11. The van der Waals surface area contributed by atoms with Gasteiger partial charge in [0.1, 0.15) is 5.75 Å². The Labute approximate surface area is 114 Å². The summed E-state index contributed by atoms with van der Waals surface area (Å²) in [4.78, 5) is 4.10. The van der Waals surface area contributed by atoms with Crippen LogP contribution in [0.15, 0.2) is 43.0 Å². The first-order valence-electron chi connectivity index (χ1n) is 6.67. The van der Waals surface area contributed by atoms with E-state index in [1.807, 2.05) is 30.7 Å². The standard InChI is InChI=1S/C15H21N3O/c1-3-8-17-14(11-18-10-9-16-12-18)13-6-4-5-7-15(13)19-2/h4-7,9-10,12,14,17H,3,8,11H2,1-2H3. The van der Waals surface area contributed by atoms with Crippen molar-refractivity contribution in [3.8, 4) is 5.75 Å². The zero-order chi connectivity index (χ0) is 13.5. The van der Waals surface area contributed by atoms with Gasteiger partial charge in [0.05, 0.1) is 19.5 Å². The van der Waals surface area contributed by atoms with Gasteiger partial charge in [0.25, 0.3) is 0 Å². The van der Waals surface area contributed by atoms with Crippen LogP contribution in [0.5, 0.6) is 5.75 Å². The highest BCUT2D eigenvalue weighted by molar-refractivity contribution is 5.35. The summed E-state index contributed by atoms with van der Waals surface area (Å²) in [6, 6.07) is 8.39. The molecule has 0 radical (unpaired) electrons. The van der Waals surface area contributed by atoms with Crippen LogP contribution < -0.4 is 10.1 Å². The van der Waals surface area contributed by atoms with E-state index >= 15 is 0 Å². The maximum Gasteiger partial charge on any atom is 0.123 e. The van der Waals surface area contributed by atoms with E-state index in [-0.39, 0.29) is 6.04 Å². The van der Waals surface area contributed by atoms with Crippen molar-refractivity contribution < 1.29 is 4.74 Å². The minimum Gasteiger partial charge on any atom is -0.496 e. The van der Waals surface area contributed by atoms with Crippen molar-refractivity contribution in [2.24, 2.45) is 0 Å². The molecule has 19 heavy (non-hydrogen) atoms. The average Bonchev–Trinajstić information content (AvgIpc) is 2.96. The average molecular weight is 259 g/mol. The zero-order valence-corrected chi connectivity index (χ0v) is 11.5. The van der Waals surface area contributed by atoms with Gasteiger partial charge in [0.15, 0.2) is 0 Å². The maximum atomic E-state index is 5.46. The SMILES string of the molecule is CCCNC(Cn1ccnc1)c1ccccc1OC. The third-order valence-corrected chi connectivity index (χ3v) is 3.11. The smallest absolute Gasteiger partial charge is 0.123 e. The van der Waals surface area contributed by atoms with E-state index in [9.17, 15) is 0 Å². The van der Waals surface area contributed by atoms with Crippen molar-refractivity contribution in [3.63, 3.8) is 0 Å². The Hall–Kier alpha value is -1.81. The fourth-order valence-corrected chi connectivity index (χ4v) is 2.15. The summed E-state index contributed by atoms with van der Waals surface area (Å²) >= 11 is 0. The van der Waals surface area contributed by atoms with E-state index in [4.69, 9.17) is 4.74 Å². The predicted octanol–water partition coefficient (Wildman–Crippen LogP) is 2.63. The molecular weight excluding hydrogens is 238 g/mol. The summed E-state index contributed by atoms with van der Waals surface area (Å²) in [5.41, 5.74) is 1.19. The molecule has 0 aliphatic carbocycles. The molecule has 1 N–H and O–H groups in total. The van der Waals surface area contributed by atoms with Crippen LogP contribution in [0.4, 0.5) is 0 Å². The molecule has 1 aromatic carbocycles. The molecule has 0 fully saturated rings. The number of rotatable bonds is 7. The van der Waals surface area contributed by atoms with Crippen molar-refractivity contribution in [2.45, 2.75) is 25.9 Å². The van der Waals surface area contributed by atoms with Crippen LogP contribution in [0, 0.1) is 0 Å². The lowest BCUT2D eigenvalue weighted by Gasteiger charge is -2.21. The zero-order valence-electron chi connectivity index (χ0n) is 11.5. The van der Waals surface area contributed by atoms with Crippen LogP contribution in [-0.4, -0.2) is 23.2 Å². The Morgan fingerprint density at radius 2 is 2.21 bits per heavy atom. The number of ether oxygens (including phenoxy) is 1. The highest BCUT2D eigenvalue weighted by Gasteiger charge is 2.15. The van der Waals surface area contributed by atoms with Gasteiger partial charge in [-0.1, -0.05) is 25.1 Å². The van der Waals surface area contributed by atoms with Gasteiger partial charge in [0, 0.05) is 24.5 Å². The maximum absolute atomic E-state index is 5.46. The van der Waals surface area contributed by atoms with E-state index in [1.54, 1.807) is 13.3 Å². The van der Waals surface area contributed by atoms with E-state index in [1.165, 1.54) is 5.56 Å². The predicted molar refractivity (Wildman–Crippen MR) is 76.3 cm³/mol. The Morgan fingerprint density at radius 3 is 2.89 bits per heavy atom. The molecule has 0 saturated carbocycles. The quantitative estimate of drug-likeness (QED) is 0.831. The highest BCUT2D eigenvalue weighted by Crippen LogP contribution is 2.25. The minimum atomic E-state index is 0.227. The third kappa shape index (κ3) is 3.58. The Balaban J connectivity index is 2.20. The fraction of sp³-hybridized carbons (Fsp3) is 0.400. The second-order valence-electron chi connectivity index (χ2n) is 4.51. The van der Waals surface area contributed by atoms with E-state index in [0.717, 1.165) is 25.3 Å². The normalized spacial score (nSPS) is 12.3. The molecule has 1 atom stereocenters. The second kappa shape index (κ2) is 6.95. The van der Waals surface area contributed by atoms with Crippen LogP contribution in [0.1, 0.15) is 24.9 Å². The monoisotopic (exact) mass is 259 g/mol. The Morgan fingerprint density at radius 1 is 1.37 bits per heavy atom. The number of hydrogen-bond acceptors (Lipinski definition) is 3. The molecule has 1 heterocycles. The molecule has 0 aliphatic heterocycles. The van der Waals surface area contributed by atoms with Gasteiger partial charge in [-0.15, -0.1) is 0 Å². The summed E-state index contributed by atoms with van der Waals surface area (Å²) in [5.74, 6) is 0.927. The molecule has 0 bridgehead atoms. The molecule has 0 amide bonds. The lowest BCUT2D eigenvalue weighted by atomic mass is 10.1. The number of aromatic nitrogens is 2. The molecule has 2 aromatic rings. The molecule has 4 heteroatoms. The number of nitrogens with one attached hydrogen (secondary N) is 1. The van der Waals surface area contributed by atoms with Crippen molar-refractivity contribution in [3.05, 3.63) is 48.5 Å². The molecule has 0 saturated heterocycles.